The van der Waals surface area contributed by atoms with Gasteiger partial charge in [0.05, 0.1) is 11.6 Å². The third kappa shape index (κ3) is 3.08. The van der Waals surface area contributed by atoms with E-state index in [4.69, 9.17) is 4.74 Å². The van der Waals surface area contributed by atoms with Gasteiger partial charge in [-0.25, -0.2) is 4.99 Å². The molecule has 126 valence electrons. The summed E-state index contributed by atoms with van der Waals surface area (Å²) in [7, 11) is 1.65. The minimum Gasteiger partial charge on any atom is -0.497 e. The van der Waals surface area contributed by atoms with Gasteiger partial charge in [-0.2, -0.15) is 0 Å². The summed E-state index contributed by atoms with van der Waals surface area (Å²) in [5.74, 6) is 0.811. The van der Waals surface area contributed by atoms with Crippen molar-refractivity contribution in [1.29, 1.82) is 0 Å². The molecule has 2 heterocycles. The zero-order chi connectivity index (χ0) is 17.2. The number of fused-ring (bicyclic) bond motifs is 1. The van der Waals surface area contributed by atoms with Crippen molar-refractivity contribution >= 4 is 23.1 Å². The molecule has 0 unspecified atom stereocenters. The lowest BCUT2D eigenvalue weighted by Gasteiger charge is -2.25. The molecule has 3 aromatic rings. The molecule has 0 bridgehead atoms. The second-order valence-corrected chi connectivity index (χ2v) is 6.73. The summed E-state index contributed by atoms with van der Waals surface area (Å²) in [4.78, 5) is 20.1. The van der Waals surface area contributed by atoms with Crippen LogP contribution in [0, 0.1) is 0 Å². The largest absolute Gasteiger partial charge is 0.497 e. The molecule has 0 saturated carbocycles. The molecule has 0 amide bonds. The summed E-state index contributed by atoms with van der Waals surface area (Å²) in [5, 5.41) is 0. The Labute approximate surface area is 148 Å². The quantitative estimate of drug-likeness (QED) is 0.723. The van der Waals surface area contributed by atoms with Crippen LogP contribution in [0.3, 0.4) is 0 Å². The van der Waals surface area contributed by atoms with Crippen LogP contribution < -0.4 is 24.5 Å². The maximum Gasteiger partial charge on any atom is 0.271 e. The first kappa shape index (κ1) is 15.7. The van der Waals surface area contributed by atoms with Gasteiger partial charge in [-0.15, -0.1) is 0 Å². The van der Waals surface area contributed by atoms with Gasteiger partial charge >= 0.3 is 0 Å². The molecule has 0 fully saturated rings. The molecule has 0 aliphatic carbocycles. The maximum absolute atomic E-state index is 12.7. The van der Waals surface area contributed by atoms with Crippen molar-refractivity contribution in [3.63, 3.8) is 0 Å². The summed E-state index contributed by atoms with van der Waals surface area (Å²) in [6, 6.07) is 17.7. The Morgan fingerprint density at radius 2 is 1.88 bits per heavy atom. The first-order valence-electron chi connectivity index (χ1n) is 7.94. The Morgan fingerprint density at radius 1 is 1.12 bits per heavy atom. The van der Waals surface area contributed by atoms with Crippen molar-refractivity contribution in [2.24, 2.45) is 4.99 Å². The van der Waals surface area contributed by atoms with E-state index in [2.05, 4.69) is 9.89 Å². The van der Waals surface area contributed by atoms with E-state index in [1.807, 2.05) is 60.7 Å². The lowest BCUT2D eigenvalue weighted by Crippen LogP contribution is -2.42. The highest BCUT2D eigenvalue weighted by molar-refractivity contribution is 7.07. The summed E-state index contributed by atoms with van der Waals surface area (Å²) >= 11 is 1.44. The third-order valence-corrected chi connectivity index (χ3v) is 5.16. The number of nitrogens with zero attached hydrogens (tertiary/aromatic N) is 3. The molecule has 2 aromatic carbocycles. The van der Waals surface area contributed by atoms with E-state index in [1.54, 1.807) is 11.7 Å². The Morgan fingerprint density at radius 3 is 2.60 bits per heavy atom. The lowest BCUT2D eigenvalue weighted by molar-refractivity contribution is 0.414. The minimum absolute atomic E-state index is 0.00538. The average molecular weight is 351 g/mol. The van der Waals surface area contributed by atoms with Crippen LogP contribution in [0.2, 0.25) is 0 Å². The number of hydrogen-bond donors (Lipinski definition) is 0. The Kier molecular flexibility index (Phi) is 4.11. The van der Waals surface area contributed by atoms with E-state index < -0.39 is 0 Å². The smallest absolute Gasteiger partial charge is 0.271 e. The standard InChI is InChI=1S/C19H17N3O2S/c1-24-16-9-7-15(8-10-16)21-12-20-19-22(13-21)18(23)17(25-19)11-14-5-3-2-4-6-14/h2-11H,12-13H2,1H3. The number of anilines is 1. The first-order valence-corrected chi connectivity index (χ1v) is 8.76. The van der Waals surface area contributed by atoms with Gasteiger partial charge in [0.15, 0.2) is 4.80 Å². The predicted molar refractivity (Wildman–Crippen MR) is 99.7 cm³/mol. The maximum atomic E-state index is 12.7. The van der Waals surface area contributed by atoms with Crippen LogP contribution in [0.15, 0.2) is 64.4 Å². The molecule has 4 rings (SSSR count). The normalized spacial score (nSPS) is 14.1. The van der Waals surface area contributed by atoms with Crippen molar-refractivity contribution in [1.82, 2.24) is 4.57 Å². The molecule has 5 nitrogen and oxygen atoms in total. The SMILES string of the molecule is COc1ccc(N2CN=c3sc(=Cc4ccccc4)c(=O)n3C2)cc1. The number of hydrogen-bond acceptors (Lipinski definition) is 5. The van der Waals surface area contributed by atoms with Crippen molar-refractivity contribution in [2.45, 2.75) is 6.67 Å². The van der Waals surface area contributed by atoms with Gasteiger partial charge in [-0.05, 0) is 35.9 Å². The summed E-state index contributed by atoms with van der Waals surface area (Å²) in [6.07, 6.45) is 1.92. The number of methoxy groups -OCH3 is 1. The van der Waals surface area contributed by atoms with Gasteiger partial charge in [0.1, 0.15) is 19.1 Å². The van der Waals surface area contributed by atoms with Crippen LogP contribution in [-0.2, 0) is 6.67 Å². The zero-order valence-corrected chi connectivity index (χ0v) is 14.6. The van der Waals surface area contributed by atoms with Gasteiger partial charge in [0.2, 0.25) is 0 Å². The molecule has 0 N–H and O–H groups in total. The third-order valence-electron chi connectivity index (χ3n) is 4.11. The van der Waals surface area contributed by atoms with E-state index in [0.717, 1.165) is 21.8 Å². The Balaban J connectivity index is 1.68. The van der Waals surface area contributed by atoms with Gasteiger partial charge in [0, 0.05) is 5.69 Å². The fourth-order valence-electron chi connectivity index (χ4n) is 2.77. The van der Waals surface area contributed by atoms with Gasteiger partial charge in [-0.3, -0.25) is 9.36 Å². The fraction of sp³-hybridized carbons (Fsp3) is 0.158. The molecule has 0 saturated heterocycles. The van der Waals surface area contributed by atoms with Gasteiger partial charge < -0.3 is 9.64 Å². The van der Waals surface area contributed by atoms with E-state index >= 15 is 0 Å². The second-order valence-electron chi connectivity index (χ2n) is 5.72. The number of thiazole rings is 1. The van der Waals surface area contributed by atoms with Crippen molar-refractivity contribution < 1.29 is 4.74 Å². The second kappa shape index (κ2) is 6.57. The number of benzene rings is 2. The molecular formula is C19H17N3O2S. The van der Waals surface area contributed by atoms with Crippen molar-refractivity contribution in [3.8, 4) is 5.75 Å². The predicted octanol–water partition coefficient (Wildman–Crippen LogP) is 1.80. The molecule has 1 aromatic heterocycles. The van der Waals surface area contributed by atoms with Crippen LogP contribution in [0.4, 0.5) is 5.69 Å². The van der Waals surface area contributed by atoms with Crippen LogP contribution in [0.25, 0.3) is 6.08 Å². The molecule has 1 aliphatic rings. The van der Waals surface area contributed by atoms with Crippen LogP contribution in [0.1, 0.15) is 5.56 Å². The highest BCUT2D eigenvalue weighted by Crippen LogP contribution is 2.20. The first-order chi connectivity index (χ1) is 12.2. The van der Waals surface area contributed by atoms with Crippen molar-refractivity contribution in [2.75, 3.05) is 18.7 Å². The molecule has 6 heteroatoms. The monoisotopic (exact) mass is 351 g/mol. The minimum atomic E-state index is 0.00538. The molecular weight excluding hydrogens is 334 g/mol. The Hall–Kier alpha value is -2.86. The summed E-state index contributed by atoms with van der Waals surface area (Å²) in [6.45, 7) is 1.04. The summed E-state index contributed by atoms with van der Waals surface area (Å²) < 4.78 is 7.63. The molecule has 0 spiro atoms. The Bertz CT molecular complexity index is 1050. The zero-order valence-electron chi connectivity index (χ0n) is 13.8. The van der Waals surface area contributed by atoms with E-state index in [1.165, 1.54) is 11.3 Å². The van der Waals surface area contributed by atoms with Crippen LogP contribution in [-0.4, -0.2) is 18.3 Å². The van der Waals surface area contributed by atoms with Gasteiger partial charge in [0.25, 0.3) is 5.56 Å². The average Bonchev–Trinajstić information content (AvgIpc) is 2.98. The number of ether oxygens (including phenoxy) is 1. The lowest BCUT2D eigenvalue weighted by atomic mass is 10.2. The molecule has 25 heavy (non-hydrogen) atoms. The molecule has 1 aliphatic heterocycles. The fourth-order valence-corrected chi connectivity index (χ4v) is 3.73. The van der Waals surface area contributed by atoms with E-state index in [9.17, 15) is 4.79 Å². The highest BCUT2D eigenvalue weighted by atomic mass is 32.1. The van der Waals surface area contributed by atoms with Crippen LogP contribution >= 0.6 is 11.3 Å². The summed E-state index contributed by atoms with van der Waals surface area (Å²) in [5.41, 5.74) is 2.04. The highest BCUT2D eigenvalue weighted by Gasteiger charge is 2.15. The van der Waals surface area contributed by atoms with E-state index in [-0.39, 0.29) is 5.56 Å². The molecule has 0 radical (unpaired) electrons. The number of rotatable bonds is 3. The van der Waals surface area contributed by atoms with Crippen LogP contribution in [0.5, 0.6) is 5.75 Å². The van der Waals surface area contributed by atoms with Crippen molar-refractivity contribution in [3.05, 3.63) is 79.8 Å². The number of aromatic nitrogens is 1. The molecule has 0 atom stereocenters. The van der Waals surface area contributed by atoms with Gasteiger partial charge in [-0.1, -0.05) is 41.7 Å². The van der Waals surface area contributed by atoms with E-state index in [0.29, 0.717) is 17.9 Å². The topological polar surface area (TPSA) is 46.8 Å².